The molecule has 7 nitrogen and oxygen atoms in total. The highest BCUT2D eigenvalue weighted by Crippen LogP contribution is 2.22. The van der Waals surface area contributed by atoms with E-state index in [1.54, 1.807) is 6.92 Å². The molecule has 0 bridgehead atoms. The van der Waals surface area contributed by atoms with Crippen LogP contribution in [0.5, 0.6) is 0 Å². The highest BCUT2D eigenvalue weighted by molar-refractivity contribution is 6.05. The van der Waals surface area contributed by atoms with Gasteiger partial charge in [-0.05, 0) is 31.2 Å². The van der Waals surface area contributed by atoms with E-state index in [1.165, 1.54) is 24.5 Å². The minimum absolute atomic E-state index is 0.0517. The molecule has 1 saturated heterocycles. The van der Waals surface area contributed by atoms with E-state index in [4.69, 9.17) is 13.9 Å². The molecule has 2 heterocycles. The molecule has 2 amide bonds. The number of furan rings is 1. The third kappa shape index (κ3) is 4.04. The molecule has 1 aromatic carbocycles. The molecular formula is C17H17FN2O5. The molecule has 8 heteroatoms. The second kappa shape index (κ2) is 7.45. The van der Waals surface area contributed by atoms with Crippen molar-refractivity contribution >= 4 is 23.2 Å². The van der Waals surface area contributed by atoms with Gasteiger partial charge in [0.05, 0.1) is 37.3 Å². The molecule has 1 aliphatic heterocycles. The highest BCUT2D eigenvalue weighted by Gasteiger charge is 2.23. The molecule has 0 unspecified atom stereocenters. The first-order chi connectivity index (χ1) is 12.0. The van der Waals surface area contributed by atoms with Crippen molar-refractivity contribution in [3.05, 3.63) is 47.7 Å². The Labute approximate surface area is 143 Å². The van der Waals surface area contributed by atoms with Gasteiger partial charge in [-0.25, -0.2) is 4.39 Å². The summed E-state index contributed by atoms with van der Waals surface area (Å²) in [7, 11) is 0. The third-order valence-corrected chi connectivity index (χ3v) is 3.69. The van der Waals surface area contributed by atoms with Gasteiger partial charge in [-0.2, -0.15) is 0 Å². The Morgan fingerprint density at radius 3 is 2.72 bits per heavy atom. The standard InChI is InChI=1S/C17H17FN2O5/c1-10-12(4-5-24-10)16(21)20-14-8-11(2-3-13(14)18)19-17(22)15-9-23-6-7-25-15/h2-5,8,15H,6-7,9H2,1H3,(H,19,22)(H,20,21)/t15-/m0/s1. The number of ether oxygens (including phenoxy) is 2. The first-order valence-electron chi connectivity index (χ1n) is 7.70. The lowest BCUT2D eigenvalue weighted by Crippen LogP contribution is -2.39. The maximum absolute atomic E-state index is 14.0. The predicted octanol–water partition coefficient (Wildman–Crippen LogP) is 2.33. The van der Waals surface area contributed by atoms with Crippen molar-refractivity contribution < 1.29 is 27.9 Å². The van der Waals surface area contributed by atoms with E-state index in [-0.39, 0.29) is 12.3 Å². The number of hydrogen-bond acceptors (Lipinski definition) is 5. The maximum Gasteiger partial charge on any atom is 0.259 e. The summed E-state index contributed by atoms with van der Waals surface area (Å²) in [6.45, 7) is 2.58. The third-order valence-electron chi connectivity index (χ3n) is 3.69. The number of hydrogen-bond donors (Lipinski definition) is 2. The molecule has 0 radical (unpaired) electrons. The number of amides is 2. The number of carbonyl (C=O) groups is 2. The first kappa shape index (κ1) is 17.1. The molecule has 1 fully saturated rings. The average molecular weight is 348 g/mol. The van der Waals surface area contributed by atoms with Gasteiger partial charge in [-0.15, -0.1) is 0 Å². The average Bonchev–Trinajstić information content (AvgIpc) is 3.04. The normalized spacial score (nSPS) is 17.1. The molecule has 1 aliphatic rings. The minimum atomic E-state index is -0.717. The van der Waals surface area contributed by atoms with E-state index in [1.807, 2.05) is 0 Å². The van der Waals surface area contributed by atoms with Gasteiger partial charge in [0.2, 0.25) is 0 Å². The summed E-state index contributed by atoms with van der Waals surface area (Å²) < 4.78 is 29.5. The van der Waals surface area contributed by atoms with E-state index in [0.717, 1.165) is 6.07 Å². The van der Waals surface area contributed by atoms with Crippen LogP contribution in [-0.4, -0.2) is 37.7 Å². The van der Waals surface area contributed by atoms with Crippen LogP contribution in [0.1, 0.15) is 16.1 Å². The topological polar surface area (TPSA) is 89.8 Å². The van der Waals surface area contributed by atoms with Gasteiger partial charge < -0.3 is 24.5 Å². The van der Waals surface area contributed by atoms with Crippen LogP contribution < -0.4 is 10.6 Å². The van der Waals surface area contributed by atoms with E-state index in [0.29, 0.717) is 30.2 Å². The van der Waals surface area contributed by atoms with Crippen LogP contribution in [-0.2, 0) is 14.3 Å². The van der Waals surface area contributed by atoms with Crippen molar-refractivity contribution in [2.24, 2.45) is 0 Å². The number of carbonyl (C=O) groups excluding carboxylic acids is 2. The van der Waals surface area contributed by atoms with Gasteiger partial charge in [-0.3, -0.25) is 9.59 Å². The van der Waals surface area contributed by atoms with E-state index in [2.05, 4.69) is 10.6 Å². The second-order valence-electron chi connectivity index (χ2n) is 5.46. The summed E-state index contributed by atoms with van der Waals surface area (Å²) >= 11 is 0. The lowest BCUT2D eigenvalue weighted by Gasteiger charge is -2.22. The monoisotopic (exact) mass is 348 g/mol. The summed E-state index contributed by atoms with van der Waals surface area (Å²) in [6, 6.07) is 5.39. The fraction of sp³-hybridized carbons (Fsp3) is 0.294. The van der Waals surface area contributed by atoms with Crippen molar-refractivity contribution in [2.45, 2.75) is 13.0 Å². The van der Waals surface area contributed by atoms with Crippen molar-refractivity contribution in [3.63, 3.8) is 0 Å². The zero-order chi connectivity index (χ0) is 17.8. The Morgan fingerprint density at radius 1 is 1.20 bits per heavy atom. The van der Waals surface area contributed by atoms with E-state index >= 15 is 0 Å². The fourth-order valence-corrected chi connectivity index (χ4v) is 2.37. The van der Waals surface area contributed by atoms with Crippen LogP contribution in [0.3, 0.4) is 0 Å². The van der Waals surface area contributed by atoms with Gasteiger partial charge in [0, 0.05) is 5.69 Å². The molecule has 132 valence electrons. The molecule has 0 saturated carbocycles. The Bertz CT molecular complexity index is 783. The Kier molecular flexibility index (Phi) is 5.11. The minimum Gasteiger partial charge on any atom is -0.469 e. The van der Waals surface area contributed by atoms with E-state index in [9.17, 15) is 14.0 Å². The molecule has 2 aromatic rings. The van der Waals surface area contributed by atoms with Crippen LogP contribution in [0.2, 0.25) is 0 Å². The van der Waals surface area contributed by atoms with Gasteiger partial charge in [0.15, 0.2) is 6.10 Å². The summed E-state index contributed by atoms with van der Waals surface area (Å²) in [6.07, 6.45) is 0.661. The Hall–Kier alpha value is -2.71. The van der Waals surface area contributed by atoms with E-state index < -0.39 is 23.7 Å². The van der Waals surface area contributed by atoms with Crippen molar-refractivity contribution in [1.29, 1.82) is 0 Å². The number of halogens is 1. The zero-order valence-electron chi connectivity index (χ0n) is 13.5. The van der Waals surface area contributed by atoms with Gasteiger partial charge in [-0.1, -0.05) is 0 Å². The first-order valence-corrected chi connectivity index (χ1v) is 7.70. The molecule has 3 rings (SSSR count). The summed E-state index contributed by atoms with van der Waals surface area (Å²) in [5.74, 6) is -1.09. The molecule has 25 heavy (non-hydrogen) atoms. The number of aryl methyl sites for hydroxylation is 1. The van der Waals surface area contributed by atoms with Crippen molar-refractivity contribution in [3.8, 4) is 0 Å². The van der Waals surface area contributed by atoms with Crippen molar-refractivity contribution in [1.82, 2.24) is 0 Å². The van der Waals surface area contributed by atoms with Crippen LogP contribution in [0, 0.1) is 12.7 Å². The molecular weight excluding hydrogens is 331 g/mol. The molecule has 1 atom stereocenters. The predicted molar refractivity (Wildman–Crippen MR) is 87.0 cm³/mol. The van der Waals surface area contributed by atoms with Gasteiger partial charge >= 0.3 is 0 Å². The molecule has 1 aromatic heterocycles. The molecule has 0 spiro atoms. The largest absolute Gasteiger partial charge is 0.469 e. The molecule has 2 N–H and O–H groups in total. The Balaban J connectivity index is 1.70. The van der Waals surface area contributed by atoms with Crippen LogP contribution >= 0.6 is 0 Å². The quantitative estimate of drug-likeness (QED) is 0.885. The van der Waals surface area contributed by atoms with Crippen LogP contribution in [0.4, 0.5) is 15.8 Å². The van der Waals surface area contributed by atoms with Gasteiger partial charge in [0.25, 0.3) is 11.8 Å². The lowest BCUT2D eigenvalue weighted by molar-refractivity contribution is -0.142. The van der Waals surface area contributed by atoms with Crippen LogP contribution in [0.15, 0.2) is 34.9 Å². The number of nitrogens with one attached hydrogen (secondary N) is 2. The zero-order valence-corrected chi connectivity index (χ0v) is 13.5. The second-order valence-corrected chi connectivity index (χ2v) is 5.46. The molecule has 0 aliphatic carbocycles. The highest BCUT2D eigenvalue weighted by atomic mass is 19.1. The maximum atomic E-state index is 14.0. The smallest absolute Gasteiger partial charge is 0.259 e. The summed E-state index contributed by atoms with van der Waals surface area (Å²) in [4.78, 5) is 24.3. The summed E-state index contributed by atoms with van der Waals surface area (Å²) in [5, 5.41) is 5.08. The van der Waals surface area contributed by atoms with Crippen molar-refractivity contribution in [2.75, 3.05) is 30.5 Å². The number of benzene rings is 1. The van der Waals surface area contributed by atoms with Crippen LogP contribution in [0.25, 0.3) is 0 Å². The lowest BCUT2D eigenvalue weighted by atomic mass is 10.2. The summed E-state index contributed by atoms with van der Waals surface area (Å²) in [5.41, 5.74) is 0.589. The number of rotatable bonds is 4. The Morgan fingerprint density at radius 2 is 2.04 bits per heavy atom. The van der Waals surface area contributed by atoms with Gasteiger partial charge in [0.1, 0.15) is 11.6 Å². The fourth-order valence-electron chi connectivity index (χ4n) is 2.37. The number of anilines is 2. The SMILES string of the molecule is Cc1occc1C(=O)Nc1cc(NC(=O)[C@@H]2COCCO2)ccc1F.